The van der Waals surface area contributed by atoms with Gasteiger partial charge in [-0.25, -0.2) is 0 Å². The zero-order valence-corrected chi connectivity index (χ0v) is 9.63. The van der Waals surface area contributed by atoms with Gasteiger partial charge in [0.2, 0.25) is 0 Å². The average Bonchev–Trinajstić information content (AvgIpc) is 2.17. The molecule has 0 unspecified atom stereocenters. The summed E-state index contributed by atoms with van der Waals surface area (Å²) in [6.07, 6.45) is 6.38. The zero-order chi connectivity index (χ0) is 9.52. The molecule has 0 aromatic rings. The van der Waals surface area contributed by atoms with E-state index in [4.69, 9.17) is 9.47 Å². The molecule has 76 valence electrons. The van der Waals surface area contributed by atoms with E-state index in [0.717, 1.165) is 31.4 Å². The third-order valence-corrected chi connectivity index (χ3v) is 2.44. The van der Waals surface area contributed by atoms with Crippen LogP contribution in [0.5, 0.6) is 0 Å². The molecular formula is C10H17BrO2. The first kappa shape index (κ1) is 11.2. The molecule has 0 amide bonds. The molecule has 0 saturated carbocycles. The Balaban J connectivity index is 2.18. The quantitative estimate of drug-likeness (QED) is 0.563. The fourth-order valence-electron chi connectivity index (χ4n) is 1.25. The Labute approximate surface area is 88.4 Å². The second-order valence-corrected chi connectivity index (χ2v) is 3.96. The molecule has 1 rings (SSSR count). The highest BCUT2D eigenvalue weighted by Gasteiger charge is 2.19. The van der Waals surface area contributed by atoms with Gasteiger partial charge in [0.25, 0.3) is 0 Å². The molecule has 1 aliphatic heterocycles. The van der Waals surface area contributed by atoms with Crippen molar-refractivity contribution in [2.45, 2.75) is 26.1 Å². The maximum atomic E-state index is 5.52. The van der Waals surface area contributed by atoms with Crippen molar-refractivity contribution >= 4 is 15.9 Å². The molecule has 1 fully saturated rings. The molecule has 13 heavy (non-hydrogen) atoms. The Bertz CT molecular complexity index is 151. The second-order valence-electron chi connectivity index (χ2n) is 3.17. The minimum Gasteiger partial charge on any atom is -0.352 e. The van der Waals surface area contributed by atoms with Gasteiger partial charge in [0.05, 0.1) is 13.2 Å². The van der Waals surface area contributed by atoms with Crippen LogP contribution < -0.4 is 0 Å². The lowest BCUT2D eigenvalue weighted by molar-refractivity contribution is -0.192. The van der Waals surface area contributed by atoms with Crippen molar-refractivity contribution in [2.75, 3.05) is 18.5 Å². The maximum absolute atomic E-state index is 5.52. The summed E-state index contributed by atoms with van der Waals surface area (Å²) < 4.78 is 11.0. The molecule has 2 nitrogen and oxygen atoms in total. The first-order valence-corrected chi connectivity index (χ1v) is 5.94. The monoisotopic (exact) mass is 248 g/mol. The summed E-state index contributed by atoms with van der Waals surface area (Å²) in [5.74, 6) is 0.450. The van der Waals surface area contributed by atoms with Crippen LogP contribution in [0, 0.1) is 5.92 Å². The van der Waals surface area contributed by atoms with E-state index in [1.807, 2.05) is 0 Å². The van der Waals surface area contributed by atoms with E-state index in [1.54, 1.807) is 0 Å². The first-order valence-electron chi connectivity index (χ1n) is 4.82. The number of hydrogen-bond donors (Lipinski definition) is 0. The highest BCUT2D eigenvalue weighted by atomic mass is 79.9. The van der Waals surface area contributed by atoms with Gasteiger partial charge in [0.15, 0.2) is 6.29 Å². The van der Waals surface area contributed by atoms with Gasteiger partial charge in [0, 0.05) is 17.7 Å². The highest BCUT2D eigenvalue weighted by Crippen LogP contribution is 2.15. The van der Waals surface area contributed by atoms with Crippen LogP contribution in [0.25, 0.3) is 0 Å². The molecule has 0 N–H and O–H groups in total. The maximum Gasteiger partial charge on any atom is 0.158 e. The summed E-state index contributed by atoms with van der Waals surface area (Å²) in [4.78, 5) is 0. The van der Waals surface area contributed by atoms with Crippen molar-refractivity contribution in [3.8, 4) is 0 Å². The average molecular weight is 249 g/mol. The molecule has 1 aliphatic rings. The Kier molecular flexibility index (Phi) is 5.67. The molecular weight excluding hydrogens is 232 g/mol. The van der Waals surface area contributed by atoms with Crippen molar-refractivity contribution in [1.29, 1.82) is 0 Å². The fourth-order valence-corrected chi connectivity index (χ4v) is 1.63. The Morgan fingerprint density at radius 1 is 1.38 bits per heavy atom. The minimum absolute atomic E-state index is 0.00523. The Hall–Kier alpha value is 0.140. The van der Waals surface area contributed by atoms with Gasteiger partial charge < -0.3 is 9.47 Å². The summed E-state index contributed by atoms with van der Waals surface area (Å²) in [6.45, 7) is 3.73. The van der Waals surface area contributed by atoms with Gasteiger partial charge >= 0.3 is 0 Å². The highest BCUT2D eigenvalue weighted by molar-refractivity contribution is 9.09. The van der Waals surface area contributed by atoms with E-state index < -0.39 is 0 Å². The molecule has 0 aromatic heterocycles. The smallest absolute Gasteiger partial charge is 0.158 e. The van der Waals surface area contributed by atoms with Crippen LogP contribution >= 0.6 is 15.9 Å². The van der Waals surface area contributed by atoms with E-state index in [0.29, 0.717) is 5.92 Å². The minimum atomic E-state index is 0.00523. The Morgan fingerprint density at radius 2 is 2.08 bits per heavy atom. The molecule has 0 aromatic carbocycles. The SMILES string of the molecule is CC/C=C/C1COC(CCBr)OC1. The second kappa shape index (κ2) is 6.57. The standard InChI is InChI=1S/C10H17BrO2/c1-2-3-4-9-7-12-10(5-6-11)13-8-9/h3-4,9-10H,2,5-8H2,1H3/b4-3+. The molecule has 0 atom stereocenters. The fraction of sp³-hybridized carbons (Fsp3) is 0.800. The lowest BCUT2D eigenvalue weighted by atomic mass is 10.1. The molecule has 0 aliphatic carbocycles. The molecule has 3 heteroatoms. The van der Waals surface area contributed by atoms with Gasteiger partial charge in [-0.05, 0) is 6.42 Å². The van der Waals surface area contributed by atoms with Gasteiger partial charge in [-0.3, -0.25) is 0 Å². The van der Waals surface area contributed by atoms with E-state index in [-0.39, 0.29) is 6.29 Å². The topological polar surface area (TPSA) is 18.5 Å². The summed E-state index contributed by atoms with van der Waals surface area (Å²) >= 11 is 3.37. The predicted octanol–water partition coefficient (Wildman–Crippen LogP) is 2.73. The number of hydrogen-bond acceptors (Lipinski definition) is 2. The van der Waals surface area contributed by atoms with Crippen LogP contribution in [-0.4, -0.2) is 24.8 Å². The number of allylic oxidation sites excluding steroid dienone is 1. The normalized spacial score (nSPS) is 29.7. The van der Waals surface area contributed by atoms with E-state index in [9.17, 15) is 0 Å². The van der Waals surface area contributed by atoms with Crippen molar-refractivity contribution < 1.29 is 9.47 Å². The zero-order valence-electron chi connectivity index (χ0n) is 8.04. The summed E-state index contributed by atoms with van der Waals surface area (Å²) in [6, 6.07) is 0. The van der Waals surface area contributed by atoms with Crippen LogP contribution in [0.4, 0.5) is 0 Å². The van der Waals surface area contributed by atoms with Gasteiger partial charge in [-0.2, -0.15) is 0 Å². The van der Waals surface area contributed by atoms with Crippen molar-refractivity contribution in [1.82, 2.24) is 0 Å². The molecule has 1 heterocycles. The number of halogens is 1. The van der Waals surface area contributed by atoms with E-state index in [1.165, 1.54) is 0 Å². The van der Waals surface area contributed by atoms with Gasteiger partial charge in [0.1, 0.15) is 0 Å². The third-order valence-electron chi connectivity index (χ3n) is 1.98. The number of rotatable bonds is 4. The number of alkyl halides is 1. The summed E-state index contributed by atoms with van der Waals surface area (Å²) in [5.41, 5.74) is 0. The summed E-state index contributed by atoms with van der Waals surface area (Å²) in [7, 11) is 0. The van der Waals surface area contributed by atoms with Gasteiger partial charge in [-0.15, -0.1) is 0 Å². The lowest BCUT2D eigenvalue weighted by Crippen LogP contribution is -2.31. The molecule has 0 spiro atoms. The van der Waals surface area contributed by atoms with Crippen LogP contribution in [0.2, 0.25) is 0 Å². The van der Waals surface area contributed by atoms with Crippen LogP contribution in [0.1, 0.15) is 19.8 Å². The van der Waals surface area contributed by atoms with E-state index >= 15 is 0 Å². The lowest BCUT2D eigenvalue weighted by Gasteiger charge is -2.27. The van der Waals surface area contributed by atoms with E-state index in [2.05, 4.69) is 35.0 Å². The van der Waals surface area contributed by atoms with Gasteiger partial charge in [-0.1, -0.05) is 35.0 Å². The first-order chi connectivity index (χ1) is 6.36. The summed E-state index contributed by atoms with van der Waals surface area (Å²) in [5, 5.41) is 0.938. The van der Waals surface area contributed by atoms with Crippen LogP contribution in [-0.2, 0) is 9.47 Å². The van der Waals surface area contributed by atoms with Crippen molar-refractivity contribution in [3.05, 3.63) is 12.2 Å². The van der Waals surface area contributed by atoms with Crippen LogP contribution in [0.15, 0.2) is 12.2 Å². The number of ether oxygens (including phenoxy) is 2. The van der Waals surface area contributed by atoms with Crippen molar-refractivity contribution in [3.63, 3.8) is 0 Å². The third kappa shape index (κ3) is 4.25. The van der Waals surface area contributed by atoms with Crippen LogP contribution in [0.3, 0.4) is 0 Å². The molecule has 1 saturated heterocycles. The largest absolute Gasteiger partial charge is 0.352 e. The Morgan fingerprint density at radius 3 is 2.62 bits per heavy atom. The predicted molar refractivity (Wildman–Crippen MR) is 57.0 cm³/mol. The van der Waals surface area contributed by atoms with Crippen molar-refractivity contribution in [2.24, 2.45) is 5.92 Å². The molecule has 0 radical (unpaired) electrons. The molecule has 0 bridgehead atoms.